The number of fused-ring (bicyclic) bond motifs is 1. The fourth-order valence-corrected chi connectivity index (χ4v) is 6.59. The van der Waals surface area contributed by atoms with Crippen LogP contribution in [0.1, 0.15) is 31.0 Å². The van der Waals surface area contributed by atoms with Gasteiger partial charge in [-0.1, -0.05) is 25.1 Å². The molecule has 3 aromatic rings. The molecule has 0 amide bonds. The van der Waals surface area contributed by atoms with E-state index in [9.17, 15) is 8.42 Å². The molecule has 8 heteroatoms. The number of sulfonamides is 1. The van der Waals surface area contributed by atoms with Crippen LogP contribution >= 0.6 is 0 Å². The topological polar surface area (TPSA) is 79.3 Å². The Balaban J connectivity index is 1.43. The monoisotopic (exact) mass is 449 g/mol. The molecule has 166 valence electrons. The fourth-order valence-electron chi connectivity index (χ4n) is 4.60. The summed E-state index contributed by atoms with van der Waals surface area (Å²) in [5, 5.41) is -0.452. The van der Waals surface area contributed by atoms with Crippen molar-refractivity contribution in [2.75, 3.05) is 28.8 Å². The molecule has 0 N–H and O–H groups in total. The minimum Gasteiger partial charge on any atom is -0.355 e. The zero-order valence-corrected chi connectivity index (χ0v) is 19.0. The highest BCUT2D eigenvalue weighted by molar-refractivity contribution is 7.93. The number of aryl methyl sites for hydroxylation is 1. The normalized spacial score (nSPS) is 18.6. The number of hydrogen-bond donors (Lipinski definition) is 0. The summed E-state index contributed by atoms with van der Waals surface area (Å²) in [4.78, 5) is 15.7. The minimum absolute atomic E-state index is 0.441. The Morgan fingerprint density at radius 3 is 2.69 bits per heavy atom. The molecule has 2 aromatic heterocycles. The molecular formula is C24H27N5O2S. The summed E-state index contributed by atoms with van der Waals surface area (Å²) in [6, 6.07) is 13.6. The van der Waals surface area contributed by atoms with Gasteiger partial charge in [0.25, 0.3) is 0 Å². The fraction of sp³-hybridized carbons (Fsp3) is 0.375. The van der Waals surface area contributed by atoms with Crippen LogP contribution in [0.2, 0.25) is 0 Å². The maximum absolute atomic E-state index is 13.6. The van der Waals surface area contributed by atoms with Gasteiger partial charge in [0.1, 0.15) is 5.82 Å². The van der Waals surface area contributed by atoms with Gasteiger partial charge < -0.3 is 4.90 Å². The van der Waals surface area contributed by atoms with Gasteiger partial charge in [0, 0.05) is 49.4 Å². The van der Waals surface area contributed by atoms with E-state index < -0.39 is 15.3 Å². The maximum Gasteiger partial charge on any atom is 0.239 e. The van der Waals surface area contributed by atoms with E-state index in [0.29, 0.717) is 25.3 Å². The molecule has 5 rings (SSSR count). The first-order valence-electron chi connectivity index (χ1n) is 11.2. The molecule has 2 aliphatic rings. The van der Waals surface area contributed by atoms with Gasteiger partial charge in [0.15, 0.2) is 5.82 Å². The van der Waals surface area contributed by atoms with Crippen LogP contribution in [0.15, 0.2) is 54.9 Å². The number of rotatable bonds is 5. The first kappa shape index (κ1) is 20.9. The maximum atomic E-state index is 13.6. The molecule has 1 fully saturated rings. The van der Waals surface area contributed by atoms with Crippen molar-refractivity contribution in [2.24, 2.45) is 0 Å². The van der Waals surface area contributed by atoms with Crippen LogP contribution in [-0.2, 0) is 22.9 Å². The predicted molar refractivity (Wildman–Crippen MR) is 126 cm³/mol. The molecule has 0 aliphatic carbocycles. The van der Waals surface area contributed by atoms with E-state index in [-0.39, 0.29) is 0 Å². The molecule has 0 spiro atoms. The van der Waals surface area contributed by atoms with Gasteiger partial charge in [-0.2, -0.15) is 0 Å². The van der Waals surface area contributed by atoms with Crippen LogP contribution in [0.3, 0.4) is 0 Å². The Morgan fingerprint density at radius 2 is 1.88 bits per heavy atom. The van der Waals surface area contributed by atoms with Crippen molar-refractivity contribution in [1.82, 2.24) is 15.0 Å². The molecule has 1 aromatic carbocycles. The second-order valence-electron chi connectivity index (χ2n) is 8.34. The molecule has 1 unspecified atom stereocenters. The standard InChI is InChI=1S/C24H27N5O2S/c1-2-20-16-23(27-24(26-20)19-9-12-25-13-10-19)28-14-5-7-21(17-28)32(30,31)29-15-11-18-6-3-4-8-22(18)29/h3-4,6,8-10,12-13,16,21H,2,5,7,11,14-15,17H2,1H3. The van der Waals surface area contributed by atoms with Crippen molar-refractivity contribution in [1.29, 1.82) is 0 Å². The summed E-state index contributed by atoms with van der Waals surface area (Å²) in [7, 11) is -3.45. The third-order valence-electron chi connectivity index (χ3n) is 6.34. The quantitative estimate of drug-likeness (QED) is 0.594. The first-order chi connectivity index (χ1) is 15.6. The molecule has 0 bridgehead atoms. The summed E-state index contributed by atoms with van der Waals surface area (Å²) in [6.45, 7) is 3.82. The number of benzene rings is 1. The van der Waals surface area contributed by atoms with E-state index >= 15 is 0 Å². The largest absolute Gasteiger partial charge is 0.355 e. The lowest BCUT2D eigenvalue weighted by Gasteiger charge is -2.35. The molecule has 4 heterocycles. The highest BCUT2D eigenvalue weighted by Crippen LogP contribution is 2.34. The lowest BCUT2D eigenvalue weighted by atomic mass is 10.1. The van der Waals surface area contributed by atoms with E-state index in [2.05, 4.69) is 21.8 Å². The highest BCUT2D eigenvalue weighted by atomic mass is 32.2. The second-order valence-corrected chi connectivity index (χ2v) is 10.5. The van der Waals surface area contributed by atoms with Gasteiger partial charge in [-0.3, -0.25) is 9.29 Å². The zero-order chi connectivity index (χ0) is 22.1. The Bertz CT molecular complexity index is 1220. The van der Waals surface area contributed by atoms with E-state index in [4.69, 9.17) is 4.98 Å². The van der Waals surface area contributed by atoms with Gasteiger partial charge in [0.05, 0.1) is 10.9 Å². The van der Waals surface area contributed by atoms with Crippen LogP contribution in [0.5, 0.6) is 0 Å². The van der Waals surface area contributed by atoms with Gasteiger partial charge >= 0.3 is 0 Å². The van der Waals surface area contributed by atoms with Gasteiger partial charge in [-0.25, -0.2) is 18.4 Å². The second kappa shape index (κ2) is 8.50. The molecule has 2 aliphatic heterocycles. The number of nitrogens with zero attached hydrogens (tertiary/aromatic N) is 5. The minimum atomic E-state index is -3.45. The number of para-hydroxylation sites is 1. The SMILES string of the molecule is CCc1cc(N2CCCC(S(=O)(=O)N3CCc4ccccc43)C2)nc(-c2ccncc2)n1. The Morgan fingerprint density at radius 1 is 1.06 bits per heavy atom. The molecule has 1 atom stereocenters. The molecule has 0 radical (unpaired) electrons. The van der Waals surface area contributed by atoms with Crippen LogP contribution < -0.4 is 9.21 Å². The number of anilines is 2. The first-order valence-corrected chi connectivity index (χ1v) is 12.7. The predicted octanol–water partition coefficient (Wildman–Crippen LogP) is 3.46. The van der Waals surface area contributed by atoms with Crippen molar-refractivity contribution >= 4 is 21.5 Å². The van der Waals surface area contributed by atoms with E-state index in [1.807, 2.05) is 42.5 Å². The Hall–Kier alpha value is -3.00. The van der Waals surface area contributed by atoms with E-state index in [1.54, 1.807) is 16.7 Å². The third-order valence-corrected chi connectivity index (χ3v) is 8.56. The molecule has 32 heavy (non-hydrogen) atoms. The molecule has 1 saturated heterocycles. The number of aromatic nitrogens is 3. The number of pyridine rings is 1. The highest BCUT2D eigenvalue weighted by Gasteiger charge is 2.38. The Labute approximate surface area is 189 Å². The molecular weight excluding hydrogens is 422 g/mol. The summed E-state index contributed by atoms with van der Waals surface area (Å²) < 4.78 is 28.8. The Kier molecular flexibility index (Phi) is 5.55. The average molecular weight is 450 g/mol. The average Bonchev–Trinajstić information content (AvgIpc) is 3.29. The van der Waals surface area contributed by atoms with Gasteiger partial charge in [0.2, 0.25) is 10.0 Å². The van der Waals surface area contributed by atoms with Crippen LogP contribution in [0.25, 0.3) is 11.4 Å². The number of piperidine rings is 1. The molecule has 0 saturated carbocycles. The molecule has 7 nitrogen and oxygen atoms in total. The van der Waals surface area contributed by atoms with Gasteiger partial charge in [-0.15, -0.1) is 0 Å². The zero-order valence-electron chi connectivity index (χ0n) is 18.2. The lowest BCUT2D eigenvalue weighted by Crippen LogP contribution is -2.48. The van der Waals surface area contributed by atoms with Crippen LogP contribution in [0.4, 0.5) is 11.5 Å². The van der Waals surface area contributed by atoms with Crippen molar-refractivity contribution in [3.63, 3.8) is 0 Å². The summed E-state index contributed by atoms with van der Waals surface area (Å²) in [5.41, 5.74) is 3.79. The van der Waals surface area contributed by atoms with E-state index in [1.165, 1.54) is 0 Å². The third kappa shape index (κ3) is 3.83. The summed E-state index contributed by atoms with van der Waals surface area (Å²) in [6.07, 6.45) is 6.50. The van der Waals surface area contributed by atoms with Crippen LogP contribution in [-0.4, -0.2) is 48.3 Å². The van der Waals surface area contributed by atoms with Crippen molar-refractivity contribution in [3.05, 3.63) is 66.1 Å². The van der Waals surface area contributed by atoms with Crippen molar-refractivity contribution in [2.45, 2.75) is 37.9 Å². The number of hydrogen-bond acceptors (Lipinski definition) is 6. The van der Waals surface area contributed by atoms with E-state index in [0.717, 1.165) is 54.1 Å². The van der Waals surface area contributed by atoms with Gasteiger partial charge in [-0.05, 0) is 49.4 Å². The van der Waals surface area contributed by atoms with Crippen molar-refractivity contribution in [3.8, 4) is 11.4 Å². The van der Waals surface area contributed by atoms with Crippen LogP contribution in [0, 0.1) is 0 Å². The lowest BCUT2D eigenvalue weighted by molar-refractivity contribution is 0.527. The summed E-state index contributed by atoms with van der Waals surface area (Å²) >= 11 is 0. The van der Waals surface area contributed by atoms with Crippen molar-refractivity contribution < 1.29 is 8.42 Å². The smallest absolute Gasteiger partial charge is 0.239 e. The summed E-state index contributed by atoms with van der Waals surface area (Å²) in [5.74, 6) is 1.45.